The van der Waals surface area contributed by atoms with Gasteiger partial charge < -0.3 is 10.1 Å². The first kappa shape index (κ1) is 11.9. The Bertz CT molecular complexity index is 514. The van der Waals surface area contributed by atoms with E-state index in [-0.39, 0.29) is 0 Å². The van der Waals surface area contributed by atoms with Crippen LogP contribution in [0, 0.1) is 0 Å². The zero-order valence-corrected chi connectivity index (χ0v) is 11.2. The molecule has 0 aliphatic heterocycles. The van der Waals surface area contributed by atoms with Crippen LogP contribution in [0.5, 0.6) is 5.75 Å². The number of anilines is 1. The van der Waals surface area contributed by atoms with E-state index in [4.69, 9.17) is 4.74 Å². The van der Waals surface area contributed by atoms with Crippen LogP contribution in [-0.4, -0.2) is 24.1 Å². The van der Waals surface area contributed by atoms with Crippen molar-refractivity contribution in [1.82, 2.24) is 9.97 Å². The van der Waals surface area contributed by atoms with Gasteiger partial charge >= 0.3 is 0 Å². The maximum absolute atomic E-state index is 5.35. The minimum Gasteiger partial charge on any atom is -0.491 e. The minimum atomic E-state index is 0.650. The first-order valence-corrected chi connectivity index (χ1v) is 5.88. The molecular weight excluding hydrogens is 282 g/mol. The maximum atomic E-state index is 5.35. The topological polar surface area (TPSA) is 47.0 Å². The average molecular weight is 294 g/mol. The van der Waals surface area contributed by atoms with Gasteiger partial charge in [-0.2, -0.15) is 0 Å². The first-order chi connectivity index (χ1) is 8.26. The molecule has 17 heavy (non-hydrogen) atoms. The smallest absolute Gasteiger partial charge is 0.187 e. The van der Waals surface area contributed by atoms with E-state index in [9.17, 15) is 0 Å². The molecule has 5 heteroatoms. The van der Waals surface area contributed by atoms with Gasteiger partial charge in [-0.25, -0.2) is 9.97 Å². The summed E-state index contributed by atoms with van der Waals surface area (Å²) in [7, 11) is 3.41. The van der Waals surface area contributed by atoms with Gasteiger partial charge in [-0.15, -0.1) is 0 Å². The fraction of sp³-hybridized carbons (Fsp3) is 0.167. The number of aromatic nitrogens is 2. The third-order valence-electron chi connectivity index (χ3n) is 2.36. The van der Waals surface area contributed by atoms with E-state index in [2.05, 4.69) is 31.2 Å². The van der Waals surface area contributed by atoms with Gasteiger partial charge in [-0.05, 0) is 12.1 Å². The van der Waals surface area contributed by atoms with E-state index in [1.807, 2.05) is 24.3 Å². The molecule has 0 unspecified atom stereocenters. The number of hydrogen-bond acceptors (Lipinski definition) is 4. The monoisotopic (exact) mass is 293 g/mol. The van der Waals surface area contributed by atoms with Crippen molar-refractivity contribution in [2.45, 2.75) is 0 Å². The zero-order valence-electron chi connectivity index (χ0n) is 9.57. The molecule has 2 aromatic rings. The summed E-state index contributed by atoms with van der Waals surface area (Å²) in [5.41, 5.74) is 1.77. The molecule has 88 valence electrons. The number of nitrogens with zero attached hydrogens (tertiary/aromatic N) is 2. The third-order valence-corrected chi connectivity index (χ3v) is 2.89. The largest absolute Gasteiger partial charge is 0.491 e. The lowest BCUT2D eigenvalue weighted by molar-refractivity contribution is 0.415. The van der Waals surface area contributed by atoms with Crippen LogP contribution in [0.3, 0.4) is 0 Å². The second-order valence-corrected chi connectivity index (χ2v) is 4.28. The number of nitrogens with one attached hydrogen (secondary N) is 1. The normalized spacial score (nSPS) is 10.1. The van der Waals surface area contributed by atoms with Crippen LogP contribution < -0.4 is 10.1 Å². The summed E-state index contributed by atoms with van der Waals surface area (Å²) >= 11 is 3.41. The van der Waals surface area contributed by atoms with Crippen LogP contribution in [0.4, 0.5) is 5.82 Å². The summed E-state index contributed by atoms with van der Waals surface area (Å²) in [6.45, 7) is 0. The van der Waals surface area contributed by atoms with Gasteiger partial charge in [-0.3, -0.25) is 0 Å². The van der Waals surface area contributed by atoms with E-state index in [0.717, 1.165) is 15.7 Å². The Kier molecular flexibility index (Phi) is 3.58. The van der Waals surface area contributed by atoms with E-state index < -0.39 is 0 Å². The van der Waals surface area contributed by atoms with Crippen molar-refractivity contribution in [3.8, 4) is 17.0 Å². The second kappa shape index (κ2) is 5.14. The lowest BCUT2D eigenvalue weighted by Crippen LogP contribution is -2.00. The highest BCUT2D eigenvalue weighted by atomic mass is 79.9. The molecule has 0 fully saturated rings. The SMILES string of the molecule is CNc1ncnc(-c2ccc(Br)cc2)c1OC. The van der Waals surface area contributed by atoms with Gasteiger partial charge in [-0.1, -0.05) is 28.1 Å². The predicted octanol–water partition coefficient (Wildman–Crippen LogP) is 2.96. The Balaban J connectivity index is 2.54. The summed E-state index contributed by atoms with van der Waals surface area (Å²) in [6.07, 6.45) is 1.52. The summed E-state index contributed by atoms with van der Waals surface area (Å²) in [6, 6.07) is 7.90. The lowest BCUT2D eigenvalue weighted by atomic mass is 10.1. The second-order valence-electron chi connectivity index (χ2n) is 3.36. The number of halogens is 1. The van der Waals surface area contributed by atoms with Crippen LogP contribution in [0.25, 0.3) is 11.3 Å². The molecule has 0 amide bonds. The van der Waals surface area contributed by atoms with Crippen molar-refractivity contribution >= 4 is 21.7 Å². The molecule has 2 rings (SSSR count). The van der Waals surface area contributed by atoms with Crippen LogP contribution in [0.1, 0.15) is 0 Å². The van der Waals surface area contributed by atoms with E-state index in [1.54, 1.807) is 14.2 Å². The van der Waals surface area contributed by atoms with Crippen LogP contribution in [0.2, 0.25) is 0 Å². The molecule has 0 saturated carbocycles. The Hall–Kier alpha value is -1.62. The standard InChI is InChI=1S/C12H12BrN3O/c1-14-12-11(17-2)10(15-7-16-12)8-3-5-9(13)6-4-8/h3-7H,1-2H3,(H,14,15,16). The highest BCUT2D eigenvalue weighted by Crippen LogP contribution is 2.32. The molecule has 1 aromatic heterocycles. The summed E-state index contributed by atoms with van der Waals surface area (Å²) in [5, 5.41) is 2.98. The van der Waals surface area contributed by atoms with Gasteiger partial charge in [0.05, 0.1) is 7.11 Å². The van der Waals surface area contributed by atoms with Crippen molar-refractivity contribution in [2.24, 2.45) is 0 Å². The maximum Gasteiger partial charge on any atom is 0.187 e. The van der Waals surface area contributed by atoms with Gasteiger partial charge in [0.1, 0.15) is 12.0 Å². The highest BCUT2D eigenvalue weighted by molar-refractivity contribution is 9.10. The Morgan fingerprint density at radius 1 is 1.18 bits per heavy atom. The molecule has 1 heterocycles. The Morgan fingerprint density at radius 2 is 1.88 bits per heavy atom. The summed E-state index contributed by atoms with van der Waals surface area (Å²) < 4.78 is 6.38. The number of rotatable bonds is 3. The number of hydrogen-bond donors (Lipinski definition) is 1. The summed E-state index contributed by atoms with van der Waals surface area (Å²) in [4.78, 5) is 8.38. The Morgan fingerprint density at radius 3 is 2.47 bits per heavy atom. The molecule has 0 saturated heterocycles. The molecule has 0 spiro atoms. The van der Waals surface area contributed by atoms with Gasteiger partial charge in [0.25, 0.3) is 0 Å². The highest BCUT2D eigenvalue weighted by Gasteiger charge is 2.12. The number of benzene rings is 1. The fourth-order valence-corrected chi connectivity index (χ4v) is 1.82. The molecule has 1 N–H and O–H groups in total. The molecule has 0 aliphatic carbocycles. The first-order valence-electron chi connectivity index (χ1n) is 5.09. The number of ether oxygens (including phenoxy) is 1. The van der Waals surface area contributed by atoms with Gasteiger partial charge in [0.15, 0.2) is 11.6 Å². The molecular formula is C12H12BrN3O. The van der Waals surface area contributed by atoms with Crippen molar-refractivity contribution in [3.05, 3.63) is 35.1 Å². The lowest BCUT2D eigenvalue weighted by Gasteiger charge is -2.11. The van der Waals surface area contributed by atoms with Crippen molar-refractivity contribution < 1.29 is 4.74 Å². The van der Waals surface area contributed by atoms with E-state index in [0.29, 0.717) is 11.6 Å². The molecule has 0 aliphatic rings. The third kappa shape index (κ3) is 2.39. The molecule has 0 atom stereocenters. The van der Waals surface area contributed by atoms with E-state index in [1.165, 1.54) is 6.33 Å². The van der Waals surface area contributed by atoms with Gasteiger partial charge in [0, 0.05) is 17.1 Å². The zero-order chi connectivity index (χ0) is 12.3. The van der Waals surface area contributed by atoms with Crippen LogP contribution in [-0.2, 0) is 0 Å². The average Bonchev–Trinajstić information content (AvgIpc) is 2.38. The van der Waals surface area contributed by atoms with Crippen molar-refractivity contribution in [3.63, 3.8) is 0 Å². The fourth-order valence-electron chi connectivity index (χ4n) is 1.56. The quantitative estimate of drug-likeness (QED) is 0.945. The molecule has 0 radical (unpaired) electrons. The number of methoxy groups -OCH3 is 1. The minimum absolute atomic E-state index is 0.650. The van der Waals surface area contributed by atoms with Crippen molar-refractivity contribution in [2.75, 3.05) is 19.5 Å². The molecule has 0 bridgehead atoms. The van der Waals surface area contributed by atoms with Crippen molar-refractivity contribution in [1.29, 1.82) is 0 Å². The predicted molar refractivity (Wildman–Crippen MR) is 71.3 cm³/mol. The Labute approximate surface area is 108 Å². The molecule has 4 nitrogen and oxygen atoms in total. The van der Waals surface area contributed by atoms with Crippen LogP contribution in [0.15, 0.2) is 35.1 Å². The van der Waals surface area contributed by atoms with Gasteiger partial charge in [0.2, 0.25) is 0 Å². The van der Waals surface area contributed by atoms with Crippen LogP contribution >= 0.6 is 15.9 Å². The molecule has 1 aromatic carbocycles. The van der Waals surface area contributed by atoms with E-state index >= 15 is 0 Å². The summed E-state index contributed by atoms with van der Waals surface area (Å²) in [5.74, 6) is 1.33.